The molecule has 4 aromatic carbocycles. The minimum absolute atomic E-state index is 0.121. The molecule has 0 fully saturated rings. The summed E-state index contributed by atoms with van der Waals surface area (Å²) in [7, 11) is 0. The van der Waals surface area contributed by atoms with Crippen molar-refractivity contribution in [3.8, 4) is 22.6 Å². The summed E-state index contributed by atoms with van der Waals surface area (Å²) in [6.45, 7) is 2.13. The highest BCUT2D eigenvalue weighted by Crippen LogP contribution is 2.36. The number of thiol groups is 1. The Hall–Kier alpha value is -3.28. The van der Waals surface area contributed by atoms with E-state index in [0.717, 1.165) is 22.4 Å². The normalized spacial score (nSPS) is 10.7. The third kappa shape index (κ3) is 6.40. The Balaban J connectivity index is 1.56. The number of anilines is 1. The number of carbonyl (C=O) groups is 1. The molecular weight excluding hydrogens is 469 g/mol. The first-order chi connectivity index (χ1) is 16.5. The standard InChI is InChI=1S/C28H23ClFNO2S/c1-2-34-25-13-6-19(7-14-25)16-28(32)31-23-12-15-26(20-8-10-22(30)11-9-20)27(18-23)33-24-5-3-4-21(29)17-24/h3-15,17-18H,2,16H2,1H3,(H,31,32)/p+1. The van der Waals surface area contributed by atoms with Gasteiger partial charge < -0.3 is 10.1 Å². The zero-order valence-corrected chi connectivity index (χ0v) is 20.2. The highest BCUT2D eigenvalue weighted by Gasteiger charge is 2.12. The van der Waals surface area contributed by atoms with Crippen molar-refractivity contribution < 1.29 is 13.9 Å². The van der Waals surface area contributed by atoms with E-state index in [-0.39, 0.29) is 18.1 Å². The molecule has 0 unspecified atom stereocenters. The third-order valence-electron chi connectivity index (χ3n) is 5.09. The van der Waals surface area contributed by atoms with Crippen LogP contribution in [0.25, 0.3) is 11.1 Å². The molecule has 0 atom stereocenters. The van der Waals surface area contributed by atoms with Crippen LogP contribution >= 0.6 is 11.6 Å². The second-order valence-electron chi connectivity index (χ2n) is 7.64. The lowest BCUT2D eigenvalue weighted by molar-refractivity contribution is -0.115. The van der Waals surface area contributed by atoms with Crippen LogP contribution in [0.5, 0.6) is 11.5 Å². The van der Waals surface area contributed by atoms with Crippen molar-refractivity contribution in [2.45, 2.75) is 18.2 Å². The molecule has 4 rings (SSSR count). The Morgan fingerprint density at radius 1 is 0.971 bits per heavy atom. The molecule has 6 heteroatoms. The smallest absolute Gasteiger partial charge is 0.228 e. The van der Waals surface area contributed by atoms with Crippen LogP contribution in [0.2, 0.25) is 5.02 Å². The van der Waals surface area contributed by atoms with Crippen LogP contribution in [0.3, 0.4) is 0 Å². The fourth-order valence-electron chi connectivity index (χ4n) is 3.50. The summed E-state index contributed by atoms with van der Waals surface area (Å²) in [6, 6.07) is 26.8. The predicted molar refractivity (Wildman–Crippen MR) is 140 cm³/mol. The van der Waals surface area contributed by atoms with Crippen molar-refractivity contribution in [2.24, 2.45) is 0 Å². The minimum Gasteiger partial charge on any atom is -0.457 e. The summed E-state index contributed by atoms with van der Waals surface area (Å²) in [5.41, 5.74) is 3.12. The Labute approximate surface area is 207 Å². The first-order valence-electron chi connectivity index (χ1n) is 10.9. The van der Waals surface area contributed by atoms with E-state index in [1.165, 1.54) is 28.8 Å². The SMILES string of the molecule is CC[SH+]c1ccc(CC(=O)Nc2ccc(-c3ccc(F)cc3)c(Oc3cccc(Cl)c3)c2)cc1. The lowest BCUT2D eigenvalue weighted by Gasteiger charge is -2.14. The fourth-order valence-corrected chi connectivity index (χ4v) is 4.41. The number of amides is 1. The van der Waals surface area contributed by atoms with Gasteiger partial charge in [0.2, 0.25) is 5.91 Å². The lowest BCUT2D eigenvalue weighted by atomic mass is 10.0. The maximum Gasteiger partial charge on any atom is 0.228 e. The van der Waals surface area contributed by atoms with Crippen molar-refractivity contribution in [1.29, 1.82) is 0 Å². The number of hydrogen-bond acceptors (Lipinski definition) is 2. The van der Waals surface area contributed by atoms with Crippen LogP contribution in [0.1, 0.15) is 12.5 Å². The molecule has 0 saturated heterocycles. The Kier molecular flexibility index (Phi) is 7.88. The van der Waals surface area contributed by atoms with Gasteiger partial charge >= 0.3 is 0 Å². The van der Waals surface area contributed by atoms with Crippen molar-refractivity contribution >= 4 is 35.0 Å². The minimum atomic E-state index is -0.313. The molecule has 0 saturated carbocycles. The highest BCUT2D eigenvalue weighted by atomic mass is 35.5. The van der Waals surface area contributed by atoms with Crippen LogP contribution in [0.15, 0.2) is 95.9 Å². The zero-order valence-electron chi connectivity index (χ0n) is 18.6. The number of hydrogen-bond donors (Lipinski definition) is 1. The molecule has 172 valence electrons. The molecule has 0 bridgehead atoms. The first kappa shape index (κ1) is 23.9. The zero-order chi connectivity index (χ0) is 23.9. The molecular formula is C28H24ClFNO2S+. The monoisotopic (exact) mass is 492 g/mol. The number of carbonyl (C=O) groups excluding carboxylic acids is 1. The van der Waals surface area contributed by atoms with E-state index in [2.05, 4.69) is 24.4 Å². The van der Waals surface area contributed by atoms with Gasteiger partial charge in [-0.15, -0.1) is 0 Å². The lowest BCUT2D eigenvalue weighted by Crippen LogP contribution is -2.14. The van der Waals surface area contributed by atoms with Crippen molar-refractivity contribution in [3.05, 3.63) is 107 Å². The third-order valence-corrected chi connectivity index (χ3v) is 6.30. The van der Waals surface area contributed by atoms with Crippen molar-refractivity contribution in [3.63, 3.8) is 0 Å². The highest BCUT2D eigenvalue weighted by molar-refractivity contribution is 7.78. The molecule has 0 aliphatic carbocycles. The van der Waals surface area contributed by atoms with E-state index in [1.807, 2.05) is 24.3 Å². The molecule has 0 spiro atoms. The molecule has 0 aliphatic rings. The topological polar surface area (TPSA) is 38.3 Å². The van der Waals surface area contributed by atoms with Crippen LogP contribution in [-0.2, 0) is 23.0 Å². The van der Waals surface area contributed by atoms with Gasteiger partial charge in [0, 0.05) is 34.1 Å². The summed E-state index contributed by atoms with van der Waals surface area (Å²) in [5.74, 6) is 1.71. The number of nitrogens with one attached hydrogen (secondary N) is 1. The molecule has 34 heavy (non-hydrogen) atoms. The first-order valence-corrected chi connectivity index (χ1v) is 12.4. The van der Waals surface area contributed by atoms with Gasteiger partial charge in [-0.25, -0.2) is 4.39 Å². The number of ether oxygens (including phenoxy) is 1. The van der Waals surface area contributed by atoms with Crippen LogP contribution < -0.4 is 10.1 Å². The van der Waals surface area contributed by atoms with Gasteiger partial charge in [0.25, 0.3) is 0 Å². The number of benzene rings is 4. The summed E-state index contributed by atoms with van der Waals surface area (Å²) >= 11 is 7.39. The average Bonchev–Trinajstić information content (AvgIpc) is 2.81. The largest absolute Gasteiger partial charge is 0.457 e. The molecule has 4 aromatic rings. The molecule has 0 radical (unpaired) electrons. The van der Waals surface area contributed by atoms with Crippen molar-refractivity contribution in [2.75, 3.05) is 11.1 Å². The number of rotatable bonds is 8. The van der Waals surface area contributed by atoms with E-state index < -0.39 is 0 Å². The van der Waals surface area contributed by atoms with Gasteiger partial charge in [0.1, 0.15) is 23.1 Å². The van der Waals surface area contributed by atoms with Gasteiger partial charge in [-0.05, 0) is 72.6 Å². The molecule has 0 aromatic heterocycles. The summed E-state index contributed by atoms with van der Waals surface area (Å²) in [6.07, 6.45) is 0.271. The molecule has 3 nitrogen and oxygen atoms in total. The molecule has 1 N–H and O–H groups in total. The van der Waals surface area contributed by atoms with E-state index >= 15 is 0 Å². The van der Waals surface area contributed by atoms with Gasteiger partial charge in [0.05, 0.1) is 6.42 Å². The van der Waals surface area contributed by atoms with Crippen LogP contribution in [0.4, 0.5) is 10.1 Å². The average molecular weight is 493 g/mol. The Bertz CT molecular complexity index is 1280. The van der Waals surface area contributed by atoms with Crippen LogP contribution in [-0.4, -0.2) is 11.7 Å². The Morgan fingerprint density at radius 3 is 2.44 bits per heavy atom. The molecule has 1 amide bonds. The maximum atomic E-state index is 13.4. The van der Waals surface area contributed by atoms with Gasteiger partial charge in [-0.1, -0.05) is 41.9 Å². The quantitative estimate of drug-likeness (QED) is 0.207. The van der Waals surface area contributed by atoms with E-state index in [4.69, 9.17) is 16.3 Å². The predicted octanol–water partition coefficient (Wildman–Crippen LogP) is 7.31. The fraction of sp³-hybridized carbons (Fsp3) is 0.107. The van der Waals surface area contributed by atoms with Gasteiger partial charge in [-0.3, -0.25) is 4.79 Å². The maximum absolute atomic E-state index is 13.4. The van der Waals surface area contributed by atoms with E-state index in [1.54, 1.807) is 42.5 Å². The van der Waals surface area contributed by atoms with Crippen molar-refractivity contribution in [1.82, 2.24) is 0 Å². The van der Waals surface area contributed by atoms with E-state index in [0.29, 0.717) is 22.2 Å². The van der Waals surface area contributed by atoms with Crippen LogP contribution in [0, 0.1) is 5.82 Å². The molecule has 0 aliphatic heterocycles. The Morgan fingerprint density at radius 2 is 1.74 bits per heavy atom. The second-order valence-corrected chi connectivity index (χ2v) is 9.54. The van der Waals surface area contributed by atoms with Gasteiger partial charge in [-0.2, -0.15) is 0 Å². The van der Waals surface area contributed by atoms with E-state index in [9.17, 15) is 9.18 Å². The second kappa shape index (κ2) is 11.2. The summed E-state index contributed by atoms with van der Waals surface area (Å²) in [5, 5.41) is 3.50. The van der Waals surface area contributed by atoms with Gasteiger partial charge in [0.15, 0.2) is 4.90 Å². The number of halogens is 2. The summed E-state index contributed by atoms with van der Waals surface area (Å²) in [4.78, 5) is 13.9. The molecule has 0 heterocycles. The summed E-state index contributed by atoms with van der Waals surface area (Å²) < 4.78 is 19.6.